The highest BCUT2D eigenvalue weighted by Gasteiger charge is 2.35. The van der Waals surface area contributed by atoms with Crippen molar-refractivity contribution in [3.63, 3.8) is 0 Å². The lowest BCUT2D eigenvalue weighted by Crippen LogP contribution is -2.26. The Kier molecular flexibility index (Phi) is 1.54. The molecule has 1 heterocycles. The normalized spacial score (nSPS) is 43.1. The molecule has 0 aromatic heterocycles. The third kappa shape index (κ3) is 1.28. The predicted octanol–water partition coefficient (Wildman–Crippen LogP) is -0.816. The lowest BCUT2D eigenvalue weighted by atomic mass is 10.5. The van der Waals surface area contributed by atoms with E-state index in [2.05, 4.69) is 16.1 Å². The highest BCUT2D eigenvalue weighted by Crippen LogP contribution is 2.19. The summed E-state index contributed by atoms with van der Waals surface area (Å²) in [6.07, 6.45) is 0.0245. The van der Waals surface area contributed by atoms with Crippen LogP contribution in [0.5, 0.6) is 0 Å². The van der Waals surface area contributed by atoms with Gasteiger partial charge in [0.1, 0.15) is 6.61 Å². The molecule has 0 spiro atoms. The van der Waals surface area contributed by atoms with Crippen molar-refractivity contribution >= 4 is 0 Å². The molecule has 2 atom stereocenters. The van der Waals surface area contributed by atoms with E-state index < -0.39 is 12.3 Å². The Hall–Kier alpha value is -0.420. The minimum Gasteiger partial charge on any atom is -0.366 e. The van der Waals surface area contributed by atoms with Gasteiger partial charge in [-0.2, -0.15) is 0 Å². The SMILES string of the molecule is C=CC1(O)OCC(O)O1. The molecule has 2 unspecified atom stereocenters. The van der Waals surface area contributed by atoms with Crippen LogP contribution in [0.3, 0.4) is 0 Å². The number of aliphatic hydroxyl groups is 2. The van der Waals surface area contributed by atoms with Gasteiger partial charge in [-0.15, -0.1) is 0 Å². The average Bonchev–Trinajstić information content (AvgIpc) is 2.13. The van der Waals surface area contributed by atoms with Crippen LogP contribution in [0.1, 0.15) is 0 Å². The predicted molar refractivity (Wildman–Crippen MR) is 28.2 cm³/mol. The van der Waals surface area contributed by atoms with Crippen molar-refractivity contribution in [1.29, 1.82) is 0 Å². The molecule has 0 aliphatic carbocycles. The maximum absolute atomic E-state index is 8.95. The molecule has 0 saturated carbocycles. The number of hydrogen-bond donors (Lipinski definition) is 2. The van der Waals surface area contributed by atoms with Crippen LogP contribution in [0, 0.1) is 0 Å². The summed E-state index contributed by atoms with van der Waals surface area (Å²) in [6, 6.07) is 0. The Labute approximate surface area is 52.3 Å². The van der Waals surface area contributed by atoms with E-state index in [1.165, 1.54) is 0 Å². The summed E-state index contributed by atoms with van der Waals surface area (Å²) in [4.78, 5) is 0. The molecule has 0 aromatic carbocycles. The Balaban J connectivity index is 2.54. The lowest BCUT2D eigenvalue weighted by Gasteiger charge is -2.13. The van der Waals surface area contributed by atoms with E-state index in [0.29, 0.717) is 0 Å². The second-order valence-electron chi connectivity index (χ2n) is 1.72. The third-order valence-electron chi connectivity index (χ3n) is 0.996. The fraction of sp³-hybridized carbons (Fsp3) is 0.600. The molecule has 1 saturated heterocycles. The van der Waals surface area contributed by atoms with Crippen molar-refractivity contribution in [3.8, 4) is 0 Å². The molecule has 52 valence electrons. The molecule has 4 heteroatoms. The molecule has 0 aromatic rings. The highest BCUT2D eigenvalue weighted by atomic mass is 16.9. The first kappa shape index (κ1) is 6.70. The fourth-order valence-corrected chi connectivity index (χ4v) is 0.561. The van der Waals surface area contributed by atoms with Gasteiger partial charge in [0.05, 0.1) is 0 Å². The van der Waals surface area contributed by atoms with Crippen molar-refractivity contribution in [1.82, 2.24) is 0 Å². The molecule has 0 bridgehead atoms. The minimum atomic E-state index is -1.78. The smallest absolute Gasteiger partial charge is 0.304 e. The summed E-state index contributed by atoms with van der Waals surface area (Å²) < 4.78 is 9.04. The molecule has 1 rings (SSSR count). The minimum absolute atomic E-state index is 0.0253. The van der Waals surface area contributed by atoms with Gasteiger partial charge in [0, 0.05) is 0 Å². The number of hydrogen-bond acceptors (Lipinski definition) is 4. The molecule has 0 amide bonds. The molecular weight excluding hydrogens is 124 g/mol. The maximum atomic E-state index is 8.95. The molecule has 1 aliphatic rings. The van der Waals surface area contributed by atoms with Crippen LogP contribution < -0.4 is 0 Å². The molecule has 9 heavy (non-hydrogen) atoms. The van der Waals surface area contributed by atoms with Gasteiger partial charge in [0.25, 0.3) is 0 Å². The monoisotopic (exact) mass is 132 g/mol. The second-order valence-corrected chi connectivity index (χ2v) is 1.72. The molecule has 4 nitrogen and oxygen atoms in total. The van der Waals surface area contributed by atoms with Gasteiger partial charge >= 0.3 is 5.97 Å². The van der Waals surface area contributed by atoms with E-state index in [9.17, 15) is 0 Å². The summed E-state index contributed by atoms with van der Waals surface area (Å²) in [6.45, 7) is 3.21. The second kappa shape index (κ2) is 2.07. The summed E-state index contributed by atoms with van der Waals surface area (Å²) in [7, 11) is 0. The molecular formula is C5H8O4. The average molecular weight is 132 g/mol. The van der Waals surface area contributed by atoms with Crippen LogP contribution in [0.4, 0.5) is 0 Å². The van der Waals surface area contributed by atoms with Crippen molar-refractivity contribution in [2.75, 3.05) is 6.61 Å². The Bertz CT molecular complexity index is 124. The summed E-state index contributed by atoms with van der Waals surface area (Å²) in [5, 5.41) is 17.6. The first-order chi connectivity index (χ1) is 4.16. The van der Waals surface area contributed by atoms with E-state index >= 15 is 0 Å². The van der Waals surface area contributed by atoms with Crippen molar-refractivity contribution in [2.45, 2.75) is 12.3 Å². The van der Waals surface area contributed by atoms with E-state index in [1.54, 1.807) is 0 Å². The molecule has 2 N–H and O–H groups in total. The van der Waals surface area contributed by atoms with E-state index in [1.807, 2.05) is 0 Å². The van der Waals surface area contributed by atoms with Gasteiger partial charge in [-0.3, -0.25) is 4.74 Å². The van der Waals surface area contributed by atoms with Crippen LogP contribution in [0.15, 0.2) is 12.7 Å². The number of rotatable bonds is 1. The molecule has 1 aliphatic heterocycles. The highest BCUT2D eigenvalue weighted by molar-refractivity contribution is 4.82. The van der Waals surface area contributed by atoms with Crippen LogP contribution in [0.25, 0.3) is 0 Å². The first-order valence-corrected chi connectivity index (χ1v) is 2.52. The summed E-state index contributed by atoms with van der Waals surface area (Å²) in [5.74, 6) is -1.78. The van der Waals surface area contributed by atoms with Crippen molar-refractivity contribution < 1.29 is 19.7 Å². The largest absolute Gasteiger partial charge is 0.366 e. The standard InChI is InChI=1S/C5H8O4/c1-2-5(7)8-3-4(6)9-5/h2,4,6-7H,1,3H2. The fourth-order valence-electron chi connectivity index (χ4n) is 0.561. The zero-order valence-corrected chi connectivity index (χ0v) is 4.78. The van der Waals surface area contributed by atoms with Crippen LogP contribution in [0.2, 0.25) is 0 Å². The van der Waals surface area contributed by atoms with Crippen LogP contribution >= 0.6 is 0 Å². The Morgan fingerprint density at radius 2 is 2.44 bits per heavy atom. The number of aliphatic hydroxyl groups excluding tert-OH is 1. The first-order valence-electron chi connectivity index (χ1n) is 2.52. The number of ether oxygens (including phenoxy) is 2. The summed E-state index contributed by atoms with van der Waals surface area (Å²) >= 11 is 0. The van der Waals surface area contributed by atoms with Gasteiger partial charge in [0.2, 0.25) is 0 Å². The van der Waals surface area contributed by atoms with Gasteiger partial charge in [-0.1, -0.05) is 6.58 Å². The van der Waals surface area contributed by atoms with Gasteiger partial charge < -0.3 is 14.9 Å². The van der Waals surface area contributed by atoms with E-state index in [0.717, 1.165) is 6.08 Å². The van der Waals surface area contributed by atoms with E-state index in [-0.39, 0.29) is 6.61 Å². The van der Waals surface area contributed by atoms with Gasteiger partial charge in [0.15, 0.2) is 6.29 Å². The Morgan fingerprint density at radius 3 is 2.67 bits per heavy atom. The summed E-state index contributed by atoms with van der Waals surface area (Å²) in [5.41, 5.74) is 0. The zero-order valence-electron chi connectivity index (χ0n) is 4.78. The molecule has 0 radical (unpaired) electrons. The Morgan fingerprint density at radius 1 is 1.78 bits per heavy atom. The van der Waals surface area contributed by atoms with Crippen molar-refractivity contribution in [2.24, 2.45) is 0 Å². The third-order valence-corrected chi connectivity index (χ3v) is 0.996. The topological polar surface area (TPSA) is 58.9 Å². The quantitative estimate of drug-likeness (QED) is 0.458. The van der Waals surface area contributed by atoms with Gasteiger partial charge in [-0.25, -0.2) is 0 Å². The van der Waals surface area contributed by atoms with E-state index in [4.69, 9.17) is 10.2 Å². The van der Waals surface area contributed by atoms with Gasteiger partial charge in [-0.05, 0) is 6.08 Å². The maximum Gasteiger partial charge on any atom is 0.304 e. The van der Waals surface area contributed by atoms with Crippen molar-refractivity contribution in [3.05, 3.63) is 12.7 Å². The lowest BCUT2D eigenvalue weighted by molar-refractivity contribution is -0.291. The van der Waals surface area contributed by atoms with Crippen LogP contribution in [-0.2, 0) is 9.47 Å². The molecule has 1 fully saturated rings. The van der Waals surface area contributed by atoms with Crippen LogP contribution in [-0.4, -0.2) is 29.1 Å². The zero-order chi connectivity index (χ0) is 6.91.